The van der Waals surface area contributed by atoms with E-state index in [4.69, 9.17) is 0 Å². The van der Waals surface area contributed by atoms with Crippen molar-refractivity contribution in [3.05, 3.63) is 36.4 Å². The van der Waals surface area contributed by atoms with Crippen LogP contribution in [0.1, 0.15) is 12.6 Å². The largest absolute Gasteiger partial charge is 0.369 e. The van der Waals surface area contributed by atoms with E-state index >= 15 is 0 Å². The molecule has 1 aromatic carbocycles. The first-order valence-corrected chi connectivity index (χ1v) is 8.42. The lowest BCUT2D eigenvalue weighted by Gasteiger charge is -2.10. The molecule has 0 saturated heterocycles. The third-order valence-electron chi connectivity index (χ3n) is 2.54. The molecule has 0 saturated carbocycles. The molecule has 0 radical (unpaired) electrons. The van der Waals surface area contributed by atoms with E-state index in [1.165, 1.54) is 0 Å². The molecule has 1 heterocycles. The lowest BCUT2D eigenvalue weighted by Crippen LogP contribution is -2.06. The molecular formula is C13H12Br2IN3. The summed E-state index contributed by atoms with van der Waals surface area (Å²) in [7, 11) is 0. The monoisotopic (exact) mass is 495 g/mol. The Bertz CT molecular complexity index is 617. The van der Waals surface area contributed by atoms with Gasteiger partial charge in [0.15, 0.2) is 5.82 Å². The van der Waals surface area contributed by atoms with Crippen molar-refractivity contribution in [3.63, 3.8) is 0 Å². The molecule has 0 bridgehead atoms. The summed E-state index contributed by atoms with van der Waals surface area (Å²) in [6.07, 6.45) is 0. The maximum absolute atomic E-state index is 4.60. The van der Waals surface area contributed by atoms with Gasteiger partial charge in [0.25, 0.3) is 0 Å². The zero-order chi connectivity index (χ0) is 14.0. The van der Waals surface area contributed by atoms with Gasteiger partial charge in [-0.25, -0.2) is 9.97 Å². The highest BCUT2D eigenvalue weighted by molar-refractivity contribution is 14.1. The predicted molar refractivity (Wildman–Crippen MR) is 94.5 cm³/mol. The fourth-order valence-electron chi connectivity index (χ4n) is 1.61. The smallest absolute Gasteiger partial charge is 0.161 e. The van der Waals surface area contributed by atoms with E-state index in [0.717, 1.165) is 42.0 Å². The number of nitrogens with one attached hydrogen (secondary N) is 1. The van der Waals surface area contributed by atoms with Gasteiger partial charge in [0, 0.05) is 21.1 Å². The molecule has 0 aliphatic rings. The highest BCUT2D eigenvalue weighted by Crippen LogP contribution is 2.29. The summed E-state index contributed by atoms with van der Waals surface area (Å²) in [4.78, 5) is 9.16. The van der Waals surface area contributed by atoms with Crippen LogP contribution in [-0.4, -0.2) is 16.5 Å². The zero-order valence-corrected chi connectivity index (χ0v) is 15.8. The quantitative estimate of drug-likeness (QED) is 0.607. The summed E-state index contributed by atoms with van der Waals surface area (Å²) < 4.78 is 3.08. The Morgan fingerprint density at radius 1 is 1.21 bits per heavy atom. The summed E-state index contributed by atoms with van der Waals surface area (Å²) in [6.45, 7) is 4.90. The van der Waals surface area contributed by atoms with Crippen LogP contribution < -0.4 is 5.32 Å². The van der Waals surface area contributed by atoms with E-state index < -0.39 is 0 Å². The van der Waals surface area contributed by atoms with E-state index in [1.807, 2.05) is 25.1 Å². The number of halogens is 3. The molecule has 2 aromatic rings. The van der Waals surface area contributed by atoms with E-state index in [0.29, 0.717) is 0 Å². The van der Waals surface area contributed by atoms with Crippen LogP contribution in [0.25, 0.3) is 11.4 Å². The van der Waals surface area contributed by atoms with Crippen LogP contribution in [0.5, 0.6) is 0 Å². The predicted octanol–water partition coefficient (Wildman–Crippen LogP) is 5.01. The first kappa shape index (κ1) is 15.2. The van der Waals surface area contributed by atoms with Gasteiger partial charge in [-0.3, -0.25) is 0 Å². The molecule has 19 heavy (non-hydrogen) atoms. The van der Waals surface area contributed by atoms with Crippen molar-refractivity contribution in [2.45, 2.75) is 13.8 Å². The Balaban J connectivity index is 2.52. The van der Waals surface area contributed by atoms with Crippen LogP contribution in [0.15, 0.2) is 27.1 Å². The number of aryl methyl sites for hydroxylation is 1. The minimum absolute atomic E-state index is 0.738. The molecule has 0 aliphatic carbocycles. The van der Waals surface area contributed by atoms with Crippen LogP contribution in [0.4, 0.5) is 5.82 Å². The fraction of sp³-hybridized carbons (Fsp3) is 0.231. The maximum atomic E-state index is 4.60. The van der Waals surface area contributed by atoms with Crippen LogP contribution in [0.3, 0.4) is 0 Å². The molecule has 0 unspecified atom stereocenters. The van der Waals surface area contributed by atoms with E-state index in [-0.39, 0.29) is 0 Å². The Morgan fingerprint density at radius 2 is 1.95 bits per heavy atom. The molecule has 1 N–H and O–H groups in total. The van der Waals surface area contributed by atoms with Crippen LogP contribution in [-0.2, 0) is 0 Å². The molecular weight excluding hydrogens is 485 g/mol. The van der Waals surface area contributed by atoms with Crippen molar-refractivity contribution in [1.82, 2.24) is 9.97 Å². The number of aromatic nitrogens is 2. The van der Waals surface area contributed by atoms with Gasteiger partial charge in [-0.1, -0.05) is 0 Å². The lowest BCUT2D eigenvalue weighted by molar-refractivity contribution is 1.06. The van der Waals surface area contributed by atoms with Gasteiger partial charge in [-0.2, -0.15) is 0 Å². The topological polar surface area (TPSA) is 37.8 Å². The highest BCUT2D eigenvalue weighted by atomic mass is 127. The van der Waals surface area contributed by atoms with Crippen LogP contribution >= 0.6 is 54.5 Å². The minimum atomic E-state index is 0.738. The van der Waals surface area contributed by atoms with Crippen molar-refractivity contribution < 1.29 is 0 Å². The third kappa shape index (κ3) is 3.46. The van der Waals surface area contributed by atoms with Crippen LogP contribution in [0, 0.1) is 10.5 Å². The maximum Gasteiger partial charge on any atom is 0.161 e. The fourth-order valence-corrected chi connectivity index (χ4v) is 2.67. The summed E-state index contributed by atoms with van der Waals surface area (Å²) in [5.74, 6) is 1.63. The molecule has 1 aromatic heterocycles. The molecule has 6 heteroatoms. The number of hydrogen-bond donors (Lipinski definition) is 1. The van der Waals surface area contributed by atoms with Crippen molar-refractivity contribution >= 4 is 60.3 Å². The number of benzene rings is 1. The van der Waals surface area contributed by atoms with Gasteiger partial charge in [0.05, 0.1) is 9.26 Å². The van der Waals surface area contributed by atoms with Gasteiger partial charge in [0.2, 0.25) is 0 Å². The molecule has 2 rings (SSSR count). The average molecular weight is 497 g/mol. The first-order chi connectivity index (χ1) is 9.02. The number of anilines is 1. The van der Waals surface area contributed by atoms with Crippen molar-refractivity contribution in [1.29, 1.82) is 0 Å². The standard InChI is InChI=1S/C13H12Br2IN3/c1-3-17-13-11(16)7(2)18-12(19-13)8-4-5-9(14)10(15)6-8/h4-6H,3H2,1-2H3,(H,17,18,19). The summed E-state index contributed by atoms with van der Waals surface area (Å²) in [5.41, 5.74) is 1.98. The van der Waals surface area contributed by atoms with E-state index in [2.05, 4.69) is 76.7 Å². The zero-order valence-electron chi connectivity index (χ0n) is 10.5. The Labute approximate surface area is 143 Å². The molecule has 0 atom stereocenters. The van der Waals surface area contributed by atoms with E-state index in [1.54, 1.807) is 0 Å². The minimum Gasteiger partial charge on any atom is -0.369 e. The summed E-state index contributed by atoms with van der Waals surface area (Å²) in [6, 6.07) is 6.01. The number of hydrogen-bond acceptors (Lipinski definition) is 3. The second-order valence-corrected chi connectivity index (χ2v) is 6.74. The summed E-state index contributed by atoms with van der Waals surface area (Å²) in [5, 5.41) is 3.27. The molecule has 0 spiro atoms. The highest BCUT2D eigenvalue weighted by Gasteiger charge is 2.11. The first-order valence-electron chi connectivity index (χ1n) is 5.76. The van der Waals surface area contributed by atoms with Crippen molar-refractivity contribution in [3.8, 4) is 11.4 Å². The Hall–Kier alpha value is -0.210. The molecule has 0 fully saturated rings. The van der Waals surface area contributed by atoms with Gasteiger partial charge >= 0.3 is 0 Å². The third-order valence-corrected chi connectivity index (χ3v) is 5.71. The normalized spacial score (nSPS) is 10.6. The molecule has 0 aliphatic heterocycles. The Kier molecular flexibility index (Phi) is 5.19. The number of nitrogens with zero attached hydrogens (tertiary/aromatic N) is 2. The second-order valence-electron chi connectivity index (χ2n) is 3.95. The molecule has 0 amide bonds. The van der Waals surface area contributed by atoms with Gasteiger partial charge in [-0.05, 0) is 86.5 Å². The van der Waals surface area contributed by atoms with E-state index in [9.17, 15) is 0 Å². The molecule has 100 valence electrons. The van der Waals surface area contributed by atoms with Gasteiger partial charge in [-0.15, -0.1) is 0 Å². The van der Waals surface area contributed by atoms with Crippen molar-refractivity contribution in [2.24, 2.45) is 0 Å². The Morgan fingerprint density at radius 3 is 2.58 bits per heavy atom. The van der Waals surface area contributed by atoms with Crippen LogP contribution in [0.2, 0.25) is 0 Å². The van der Waals surface area contributed by atoms with Crippen molar-refractivity contribution in [2.75, 3.05) is 11.9 Å². The lowest BCUT2D eigenvalue weighted by atomic mass is 10.2. The van der Waals surface area contributed by atoms with Gasteiger partial charge < -0.3 is 5.32 Å². The SMILES string of the molecule is CCNc1nc(-c2ccc(Br)c(Br)c2)nc(C)c1I. The second kappa shape index (κ2) is 6.49. The molecule has 3 nitrogen and oxygen atoms in total. The average Bonchev–Trinajstić information content (AvgIpc) is 2.38. The number of rotatable bonds is 3. The summed E-state index contributed by atoms with van der Waals surface area (Å²) >= 11 is 9.24. The van der Waals surface area contributed by atoms with Gasteiger partial charge in [0.1, 0.15) is 5.82 Å².